The fourth-order valence-corrected chi connectivity index (χ4v) is 6.57. The number of aromatic nitrogens is 1. The molecule has 0 saturated carbocycles. The van der Waals surface area contributed by atoms with Crippen molar-refractivity contribution in [3.63, 3.8) is 0 Å². The maximum Gasteiger partial charge on any atom is 0.243 e. The molecule has 0 bridgehead atoms. The number of pyridine rings is 1. The van der Waals surface area contributed by atoms with Crippen molar-refractivity contribution < 1.29 is 25.6 Å². The van der Waals surface area contributed by atoms with Crippen LogP contribution in [0.25, 0.3) is 0 Å². The highest BCUT2D eigenvalue weighted by molar-refractivity contribution is 7.93. The van der Waals surface area contributed by atoms with Crippen LogP contribution in [-0.4, -0.2) is 28.4 Å². The van der Waals surface area contributed by atoms with Crippen LogP contribution >= 0.6 is 11.3 Å². The Balaban J connectivity index is 1.96. The number of thiophene rings is 1. The van der Waals surface area contributed by atoms with Crippen molar-refractivity contribution in [3.05, 3.63) is 77.4 Å². The molecule has 148 valence electrons. The molecule has 2 heterocycles. The predicted octanol–water partition coefficient (Wildman–Crippen LogP) is 2.91. The standard InChI is InChI=1S/C17H14F2N2O4S3/c18-13-5-6-14(19)15(9-13)28(24,25)21-11-16(12-3-1-7-20-10-12)27(22,23)17-4-2-8-26-17/h1-10,16,21H,11H2. The van der Waals surface area contributed by atoms with Crippen LogP contribution in [0.5, 0.6) is 0 Å². The number of hydrogen-bond acceptors (Lipinski definition) is 6. The average Bonchev–Trinajstić information content (AvgIpc) is 3.20. The van der Waals surface area contributed by atoms with E-state index < -0.39 is 48.2 Å². The molecule has 1 atom stereocenters. The predicted molar refractivity (Wildman–Crippen MR) is 100 cm³/mol. The molecular weight excluding hydrogens is 430 g/mol. The summed E-state index contributed by atoms with van der Waals surface area (Å²) in [6.07, 6.45) is 2.76. The van der Waals surface area contributed by atoms with E-state index in [1.165, 1.54) is 30.6 Å². The van der Waals surface area contributed by atoms with E-state index >= 15 is 0 Å². The third kappa shape index (κ3) is 4.27. The Kier molecular flexibility index (Phi) is 5.89. The lowest BCUT2D eigenvalue weighted by atomic mass is 10.2. The SMILES string of the molecule is O=S(=O)(NCC(c1cccnc1)S(=O)(=O)c1cccs1)c1cc(F)ccc1F. The Morgan fingerprint density at radius 2 is 1.86 bits per heavy atom. The monoisotopic (exact) mass is 444 g/mol. The zero-order valence-corrected chi connectivity index (χ0v) is 16.6. The lowest BCUT2D eigenvalue weighted by Gasteiger charge is -2.18. The van der Waals surface area contributed by atoms with Gasteiger partial charge in [0, 0.05) is 18.9 Å². The molecule has 0 spiro atoms. The van der Waals surface area contributed by atoms with Gasteiger partial charge in [0.05, 0.1) is 0 Å². The lowest BCUT2D eigenvalue weighted by molar-refractivity contribution is 0.543. The number of nitrogens with one attached hydrogen (secondary N) is 1. The van der Waals surface area contributed by atoms with Crippen LogP contribution < -0.4 is 4.72 Å². The number of rotatable bonds is 7. The first-order chi connectivity index (χ1) is 13.2. The van der Waals surface area contributed by atoms with Crippen LogP contribution in [-0.2, 0) is 19.9 Å². The molecule has 1 aromatic carbocycles. The van der Waals surface area contributed by atoms with Crippen molar-refractivity contribution in [2.45, 2.75) is 14.4 Å². The molecule has 0 fully saturated rings. The molecule has 28 heavy (non-hydrogen) atoms. The Bertz CT molecular complexity index is 1170. The van der Waals surface area contributed by atoms with Gasteiger partial charge in [-0.25, -0.2) is 30.3 Å². The highest BCUT2D eigenvalue weighted by Crippen LogP contribution is 2.31. The van der Waals surface area contributed by atoms with Crippen LogP contribution in [0.3, 0.4) is 0 Å². The fraction of sp³-hybridized carbons (Fsp3) is 0.118. The zero-order chi connectivity index (χ0) is 20.4. The van der Waals surface area contributed by atoms with Crippen molar-refractivity contribution in [2.24, 2.45) is 0 Å². The van der Waals surface area contributed by atoms with Gasteiger partial charge in [-0.05, 0) is 41.3 Å². The smallest absolute Gasteiger partial charge is 0.243 e. The molecule has 0 amide bonds. The van der Waals surface area contributed by atoms with Gasteiger partial charge in [0.2, 0.25) is 10.0 Å². The third-order valence-corrected chi connectivity index (χ3v) is 8.82. The first-order valence-corrected chi connectivity index (χ1v) is 11.7. The van der Waals surface area contributed by atoms with E-state index in [-0.39, 0.29) is 9.77 Å². The summed E-state index contributed by atoms with van der Waals surface area (Å²) in [4.78, 5) is 2.98. The van der Waals surface area contributed by atoms with Gasteiger partial charge >= 0.3 is 0 Å². The summed E-state index contributed by atoms with van der Waals surface area (Å²) in [7, 11) is -8.44. The molecule has 3 aromatic rings. The molecule has 0 aliphatic heterocycles. The van der Waals surface area contributed by atoms with Crippen molar-refractivity contribution in [2.75, 3.05) is 6.54 Å². The van der Waals surface area contributed by atoms with Crippen LogP contribution in [0.15, 0.2) is 69.3 Å². The number of sulfonamides is 1. The maximum absolute atomic E-state index is 13.9. The summed E-state index contributed by atoms with van der Waals surface area (Å²) in [5, 5.41) is 0.283. The second-order valence-corrected chi connectivity index (χ2v) is 10.7. The van der Waals surface area contributed by atoms with Crippen molar-refractivity contribution in [3.8, 4) is 0 Å². The molecule has 0 saturated heterocycles. The number of nitrogens with zero attached hydrogens (tertiary/aromatic N) is 1. The van der Waals surface area contributed by atoms with Gasteiger partial charge in [-0.3, -0.25) is 4.98 Å². The van der Waals surface area contributed by atoms with Crippen molar-refractivity contribution in [1.82, 2.24) is 9.71 Å². The van der Waals surface area contributed by atoms with Gasteiger partial charge in [0.25, 0.3) is 0 Å². The van der Waals surface area contributed by atoms with E-state index in [0.29, 0.717) is 12.1 Å². The molecule has 1 N–H and O–H groups in total. The highest BCUT2D eigenvalue weighted by atomic mass is 32.2. The average molecular weight is 445 g/mol. The summed E-state index contributed by atoms with van der Waals surface area (Å²) in [5.74, 6) is -2.08. The first kappa shape index (κ1) is 20.5. The van der Waals surface area contributed by atoms with Gasteiger partial charge in [0.15, 0.2) is 9.84 Å². The van der Waals surface area contributed by atoms with Crippen LogP contribution in [0.1, 0.15) is 10.8 Å². The summed E-state index contributed by atoms with van der Waals surface area (Å²) < 4.78 is 80.2. The number of benzene rings is 1. The van der Waals surface area contributed by atoms with Gasteiger partial charge in [0.1, 0.15) is 26.0 Å². The summed E-state index contributed by atoms with van der Waals surface area (Å²) in [6.45, 7) is -0.579. The Hall–Kier alpha value is -2.21. The zero-order valence-electron chi connectivity index (χ0n) is 14.1. The number of hydrogen-bond donors (Lipinski definition) is 1. The van der Waals surface area contributed by atoms with Crippen LogP contribution in [0, 0.1) is 11.6 Å². The van der Waals surface area contributed by atoms with E-state index in [1.54, 1.807) is 11.4 Å². The Morgan fingerprint density at radius 1 is 1.07 bits per heavy atom. The molecule has 0 radical (unpaired) electrons. The van der Waals surface area contributed by atoms with Gasteiger partial charge in [-0.1, -0.05) is 12.1 Å². The summed E-state index contributed by atoms with van der Waals surface area (Å²) >= 11 is 0.992. The Morgan fingerprint density at radius 3 is 2.50 bits per heavy atom. The number of halogens is 2. The Labute approximate surface area is 164 Å². The van der Waals surface area contributed by atoms with E-state index in [0.717, 1.165) is 17.4 Å². The quantitative estimate of drug-likeness (QED) is 0.605. The largest absolute Gasteiger partial charge is 0.264 e. The fourth-order valence-electron chi connectivity index (χ4n) is 2.49. The molecule has 3 rings (SSSR count). The minimum absolute atomic E-state index is 0.0532. The second-order valence-electron chi connectivity index (χ2n) is 5.68. The van der Waals surface area contributed by atoms with Crippen LogP contribution in [0.4, 0.5) is 8.78 Å². The lowest BCUT2D eigenvalue weighted by Crippen LogP contribution is -2.32. The minimum atomic E-state index is -4.49. The first-order valence-electron chi connectivity index (χ1n) is 7.84. The van der Waals surface area contributed by atoms with Crippen molar-refractivity contribution in [1.29, 1.82) is 0 Å². The summed E-state index contributed by atoms with van der Waals surface area (Å²) in [5.41, 5.74) is 0.262. The normalized spacial score (nSPS) is 13.4. The van der Waals surface area contributed by atoms with Gasteiger partial charge in [-0.2, -0.15) is 0 Å². The maximum atomic E-state index is 13.9. The molecule has 0 aliphatic rings. The van der Waals surface area contributed by atoms with E-state index in [1.807, 2.05) is 0 Å². The van der Waals surface area contributed by atoms with E-state index in [4.69, 9.17) is 0 Å². The molecule has 11 heteroatoms. The van der Waals surface area contributed by atoms with E-state index in [2.05, 4.69) is 9.71 Å². The molecule has 1 unspecified atom stereocenters. The second kappa shape index (κ2) is 8.03. The van der Waals surface area contributed by atoms with Crippen molar-refractivity contribution >= 4 is 31.2 Å². The van der Waals surface area contributed by atoms with E-state index in [9.17, 15) is 25.6 Å². The molecule has 0 aliphatic carbocycles. The highest BCUT2D eigenvalue weighted by Gasteiger charge is 2.32. The summed E-state index contributed by atoms with van der Waals surface area (Å²) in [6, 6.07) is 7.99. The number of sulfone groups is 1. The van der Waals surface area contributed by atoms with Gasteiger partial charge in [-0.15, -0.1) is 11.3 Å². The third-order valence-electron chi connectivity index (χ3n) is 3.85. The van der Waals surface area contributed by atoms with Crippen LogP contribution in [0.2, 0.25) is 0 Å². The minimum Gasteiger partial charge on any atom is -0.264 e. The van der Waals surface area contributed by atoms with Gasteiger partial charge < -0.3 is 0 Å². The molecule has 2 aromatic heterocycles. The topological polar surface area (TPSA) is 93.2 Å². The molecular formula is C17H14F2N2O4S3. The molecule has 6 nitrogen and oxygen atoms in total.